The van der Waals surface area contributed by atoms with E-state index in [0.717, 1.165) is 50.9 Å². The lowest BCUT2D eigenvalue weighted by Gasteiger charge is -2.33. The van der Waals surface area contributed by atoms with E-state index >= 15 is 0 Å². The zero-order valence-electron chi connectivity index (χ0n) is 27.6. The highest BCUT2D eigenvalue weighted by Crippen LogP contribution is 2.42. The quantitative estimate of drug-likeness (QED) is 0.182. The molecule has 1 aromatic heterocycles. The van der Waals surface area contributed by atoms with Gasteiger partial charge in [-0.3, -0.25) is 0 Å². The molecule has 232 valence electrons. The standard InChI is InChI=1S/C46H37NO/c1-46(2,3)31-21-25-33(26-22-31)47(34-27-28-40-38-13-5-4-11-36(38)37-12-6-7-14-39(37)43(40)29-34)32-23-19-30(20-24-32)35-16-10-17-42-41-15-8-9-18-44(41)48-45(35)42/h4-21,23-29,31H,22H2,1-3H3. The van der Waals surface area contributed by atoms with Crippen LogP contribution in [0.15, 0.2) is 162 Å². The number of furan rings is 1. The lowest BCUT2D eigenvalue weighted by molar-refractivity contribution is 0.293. The van der Waals surface area contributed by atoms with Gasteiger partial charge in [0.05, 0.1) is 0 Å². The number of rotatable bonds is 4. The van der Waals surface area contributed by atoms with Gasteiger partial charge in [-0.2, -0.15) is 0 Å². The highest BCUT2D eigenvalue weighted by Gasteiger charge is 2.25. The van der Waals surface area contributed by atoms with Crippen LogP contribution in [0.1, 0.15) is 27.2 Å². The molecule has 1 atom stereocenters. The van der Waals surface area contributed by atoms with Crippen molar-refractivity contribution in [2.24, 2.45) is 11.3 Å². The van der Waals surface area contributed by atoms with Crippen LogP contribution < -0.4 is 4.90 Å². The molecule has 0 saturated carbocycles. The molecule has 1 aliphatic rings. The first-order chi connectivity index (χ1) is 23.4. The predicted octanol–water partition coefficient (Wildman–Crippen LogP) is 13.4. The third kappa shape index (κ3) is 4.63. The van der Waals surface area contributed by atoms with Gasteiger partial charge in [-0.1, -0.05) is 136 Å². The van der Waals surface area contributed by atoms with E-state index < -0.39 is 0 Å². The first-order valence-corrected chi connectivity index (χ1v) is 17.0. The van der Waals surface area contributed by atoms with Crippen molar-refractivity contribution in [3.05, 3.63) is 157 Å². The average Bonchev–Trinajstić information content (AvgIpc) is 3.51. The van der Waals surface area contributed by atoms with E-state index in [-0.39, 0.29) is 5.41 Å². The Morgan fingerprint density at radius 2 is 1.15 bits per heavy atom. The molecule has 0 radical (unpaired) electrons. The molecule has 1 heterocycles. The molecular formula is C46H37NO. The van der Waals surface area contributed by atoms with Crippen molar-refractivity contribution in [1.29, 1.82) is 0 Å². The van der Waals surface area contributed by atoms with E-state index in [1.54, 1.807) is 0 Å². The number of para-hydroxylation sites is 2. The van der Waals surface area contributed by atoms with E-state index in [1.165, 1.54) is 38.0 Å². The Balaban J connectivity index is 1.20. The molecule has 1 unspecified atom stereocenters. The molecule has 0 saturated heterocycles. The van der Waals surface area contributed by atoms with Crippen LogP contribution in [0, 0.1) is 11.3 Å². The van der Waals surface area contributed by atoms with E-state index in [1.807, 2.05) is 12.1 Å². The van der Waals surface area contributed by atoms with Crippen molar-refractivity contribution in [1.82, 2.24) is 0 Å². The molecular weight excluding hydrogens is 583 g/mol. The fraction of sp³-hybridized carbons (Fsp3) is 0.130. The number of benzene rings is 7. The van der Waals surface area contributed by atoms with E-state index in [9.17, 15) is 0 Å². The molecule has 0 amide bonds. The van der Waals surface area contributed by atoms with E-state index in [4.69, 9.17) is 4.42 Å². The number of hydrogen-bond acceptors (Lipinski definition) is 2. The summed E-state index contributed by atoms with van der Waals surface area (Å²) in [7, 11) is 0. The van der Waals surface area contributed by atoms with Gasteiger partial charge in [0, 0.05) is 33.4 Å². The molecule has 2 nitrogen and oxygen atoms in total. The van der Waals surface area contributed by atoms with Crippen molar-refractivity contribution in [2.75, 3.05) is 4.90 Å². The zero-order chi connectivity index (χ0) is 32.4. The van der Waals surface area contributed by atoms with Gasteiger partial charge in [0.2, 0.25) is 0 Å². The molecule has 0 N–H and O–H groups in total. The van der Waals surface area contributed by atoms with Gasteiger partial charge in [-0.25, -0.2) is 0 Å². The van der Waals surface area contributed by atoms with E-state index in [0.29, 0.717) is 5.92 Å². The van der Waals surface area contributed by atoms with Crippen molar-refractivity contribution >= 4 is 65.6 Å². The fourth-order valence-corrected chi connectivity index (χ4v) is 7.66. The highest BCUT2D eigenvalue weighted by atomic mass is 16.3. The van der Waals surface area contributed by atoms with Crippen LogP contribution in [0.5, 0.6) is 0 Å². The lowest BCUT2D eigenvalue weighted by atomic mass is 9.77. The Kier molecular flexibility index (Phi) is 6.55. The van der Waals surface area contributed by atoms with Gasteiger partial charge >= 0.3 is 0 Å². The summed E-state index contributed by atoms with van der Waals surface area (Å²) in [6.45, 7) is 7.00. The Hall–Kier alpha value is -5.60. The molecule has 9 rings (SSSR count). The Bertz CT molecular complexity index is 2540. The van der Waals surface area contributed by atoms with Crippen molar-refractivity contribution < 1.29 is 4.42 Å². The minimum atomic E-state index is 0.214. The zero-order valence-corrected chi connectivity index (χ0v) is 27.6. The van der Waals surface area contributed by atoms with Crippen LogP contribution in [0.2, 0.25) is 0 Å². The summed E-state index contributed by atoms with van der Waals surface area (Å²) in [6.07, 6.45) is 8.16. The summed E-state index contributed by atoms with van der Waals surface area (Å²) in [5, 5.41) is 10.0. The lowest BCUT2D eigenvalue weighted by Crippen LogP contribution is -2.22. The molecule has 2 heteroatoms. The van der Waals surface area contributed by atoms with Crippen molar-refractivity contribution in [2.45, 2.75) is 27.2 Å². The largest absolute Gasteiger partial charge is 0.455 e. The number of nitrogens with zero attached hydrogens (tertiary/aromatic N) is 1. The molecule has 8 aromatic rings. The summed E-state index contributed by atoms with van der Waals surface area (Å²) in [5.74, 6) is 0.502. The van der Waals surface area contributed by atoms with Gasteiger partial charge in [-0.05, 0) is 92.0 Å². The monoisotopic (exact) mass is 619 g/mol. The number of hydrogen-bond donors (Lipinski definition) is 0. The molecule has 0 aliphatic heterocycles. The SMILES string of the molecule is CC(C)(C)C1C=CC(N(c2ccc(-c3cccc4c3oc3ccccc34)cc2)c2ccc3c4ccccc4c4ccccc4c3c2)=CC1. The van der Waals surface area contributed by atoms with Gasteiger partial charge in [-0.15, -0.1) is 0 Å². The maximum Gasteiger partial charge on any atom is 0.143 e. The third-order valence-corrected chi connectivity index (χ3v) is 10.3. The number of fused-ring (bicyclic) bond motifs is 9. The summed E-state index contributed by atoms with van der Waals surface area (Å²) >= 11 is 0. The molecule has 7 aromatic carbocycles. The first-order valence-electron chi connectivity index (χ1n) is 17.0. The number of anilines is 2. The summed E-state index contributed by atoms with van der Waals surface area (Å²) in [4.78, 5) is 2.42. The number of allylic oxidation sites excluding steroid dienone is 3. The highest BCUT2D eigenvalue weighted by molar-refractivity contribution is 6.25. The Morgan fingerprint density at radius 1 is 0.562 bits per heavy atom. The fourth-order valence-electron chi connectivity index (χ4n) is 7.66. The van der Waals surface area contributed by atoms with Crippen LogP contribution in [-0.2, 0) is 0 Å². The summed E-state index contributed by atoms with van der Waals surface area (Å²) < 4.78 is 6.40. The second kappa shape index (κ2) is 11.0. The molecule has 1 aliphatic carbocycles. The minimum Gasteiger partial charge on any atom is -0.455 e. The second-order valence-corrected chi connectivity index (χ2v) is 14.2. The predicted molar refractivity (Wildman–Crippen MR) is 205 cm³/mol. The van der Waals surface area contributed by atoms with Crippen LogP contribution in [-0.4, -0.2) is 0 Å². The Morgan fingerprint density at radius 3 is 1.79 bits per heavy atom. The smallest absolute Gasteiger partial charge is 0.143 e. The van der Waals surface area contributed by atoms with Gasteiger partial charge in [0.1, 0.15) is 11.2 Å². The minimum absolute atomic E-state index is 0.214. The summed E-state index contributed by atoms with van der Waals surface area (Å²) in [6, 6.07) is 48.3. The Labute approximate surface area is 281 Å². The molecule has 0 spiro atoms. The van der Waals surface area contributed by atoms with Crippen LogP contribution >= 0.6 is 0 Å². The van der Waals surface area contributed by atoms with Crippen LogP contribution in [0.25, 0.3) is 65.4 Å². The third-order valence-electron chi connectivity index (χ3n) is 10.3. The van der Waals surface area contributed by atoms with E-state index in [2.05, 4.69) is 165 Å². The van der Waals surface area contributed by atoms with Crippen LogP contribution in [0.4, 0.5) is 11.4 Å². The topological polar surface area (TPSA) is 16.4 Å². The van der Waals surface area contributed by atoms with Crippen LogP contribution in [0.3, 0.4) is 0 Å². The second-order valence-electron chi connectivity index (χ2n) is 14.2. The van der Waals surface area contributed by atoms with Gasteiger partial charge < -0.3 is 9.32 Å². The molecule has 0 bridgehead atoms. The summed E-state index contributed by atoms with van der Waals surface area (Å²) in [5.41, 5.74) is 7.80. The normalized spacial score (nSPS) is 15.1. The average molecular weight is 620 g/mol. The first kappa shape index (κ1) is 28.6. The molecule has 0 fully saturated rings. The van der Waals surface area contributed by atoms with Gasteiger partial charge in [0.25, 0.3) is 0 Å². The molecule has 48 heavy (non-hydrogen) atoms. The maximum atomic E-state index is 6.40. The maximum absolute atomic E-state index is 6.40. The van der Waals surface area contributed by atoms with Crippen molar-refractivity contribution in [3.8, 4) is 11.1 Å². The van der Waals surface area contributed by atoms with Gasteiger partial charge in [0.15, 0.2) is 0 Å². The van der Waals surface area contributed by atoms with Crippen molar-refractivity contribution in [3.63, 3.8) is 0 Å².